The van der Waals surface area contributed by atoms with Crippen molar-refractivity contribution >= 4 is 41.2 Å². The van der Waals surface area contributed by atoms with Gasteiger partial charge in [0, 0.05) is 17.6 Å². The van der Waals surface area contributed by atoms with Crippen LogP contribution in [0.5, 0.6) is 5.06 Å². The largest absolute Gasteiger partial charge is 0.481 e. The molecule has 1 fully saturated rings. The minimum atomic E-state index is -1.05. The molecule has 33 heavy (non-hydrogen) atoms. The maximum absolute atomic E-state index is 14.4. The second-order valence-corrected chi connectivity index (χ2v) is 8.10. The zero-order chi connectivity index (χ0) is 22.7. The molecule has 1 aliphatic rings. The lowest BCUT2D eigenvalue weighted by atomic mass is 9.99. The first-order chi connectivity index (χ1) is 15.4. The summed E-state index contributed by atoms with van der Waals surface area (Å²) in [5.41, 5.74) is 4.09. The Morgan fingerprint density at radius 1 is 1.21 bits per heavy atom. The molecule has 2 aromatic heterocycles. The van der Waals surface area contributed by atoms with E-state index >= 15 is 0 Å². The first-order valence-electron chi connectivity index (χ1n) is 9.94. The fourth-order valence-corrected chi connectivity index (χ4v) is 4.00. The van der Waals surface area contributed by atoms with Crippen LogP contribution in [0.1, 0.15) is 23.3 Å². The van der Waals surface area contributed by atoms with Gasteiger partial charge in [-0.05, 0) is 44.0 Å². The van der Waals surface area contributed by atoms with Gasteiger partial charge in [-0.3, -0.25) is 4.79 Å². The number of carbonyl (C=O) groups excluding carboxylic acids is 1. The second-order valence-electron chi connectivity index (χ2n) is 7.34. The average Bonchev–Trinajstić information content (AvgIpc) is 3.21. The van der Waals surface area contributed by atoms with E-state index in [1.807, 2.05) is 0 Å². The first-order valence-corrected chi connectivity index (χ1v) is 10.7. The van der Waals surface area contributed by atoms with Crippen molar-refractivity contribution in [1.82, 2.24) is 14.7 Å². The summed E-state index contributed by atoms with van der Waals surface area (Å²) >= 11 is 1.07. The molecule has 1 amide bonds. The van der Waals surface area contributed by atoms with Crippen LogP contribution >= 0.6 is 23.9 Å². The van der Waals surface area contributed by atoms with Crippen molar-refractivity contribution in [2.75, 3.05) is 30.7 Å². The lowest BCUT2D eigenvalue weighted by Gasteiger charge is -2.22. The van der Waals surface area contributed by atoms with Crippen molar-refractivity contribution in [2.45, 2.75) is 12.8 Å². The van der Waals surface area contributed by atoms with Crippen LogP contribution in [-0.4, -0.2) is 35.0 Å². The van der Waals surface area contributed by atoms with Crippen LogP contribution in [0.15, 0.2) is 30.5 Å². The Morgan fingerprint density at radius 3 is 2.61 bits per heavy atom. The Morgan fingerprint density at radius 2 is 1.91 bits per heavy atom. The van der Waals surface area contributed by atoms with Gasteiger partial charge in [0.25, 0.3) is 5.91 Å². The minimum Gasteiger partial charge on any atom is -0.481 e. The highest BCUT2D eigenvalue weighted by Gasteiger charge is 2.23. The smallest absolute Gasteiger partial charge is 0.276 e. The Hall–Kier alpha value is -2.89. The van der Waals surface area contributed by atoms with Crippen LogP contribution in [0.25, 0.3) is 11.3 Å². The van der Waals surface area contributed by atoms with Crippen LogP contribution in [0.4, 0.5) is 24.5 Å². The van der Waals surface area contributed by atoms with E-state index in [2.05, 4.69) is 20.0 Å². The number of amides is 1. The Bertz CT molecular complexity index is 1120. The van der Waals surface area contributed by atoms with Gasteiger partial charge in [0.2, 0.25) is 5.06 Å². The third-order valence-electron chi connectivity index (χ3n) is 5.11. The summed E-state index contributed by atoms with van der Waals surface area (Å²) in [4.78, 5) is 16.6. The lowest BCUT2D eigenvalue weighted by molar-refractivity contribution is 0.102. The molecule has 4 N–H and O–H groups in total. The van der Waals surface area contributed by atoms with E-state index in [1.54, 1.807) is 0 Å². The van der Waals surface area contributed by atoms with E-state index in [-0.39, 0.29) is 23.8 Å². The standard InChI is InChI=1S/C21H20F3N5O2S.ClH/c22-12-2-1-3-13(23)17(12)18-14(24)8-15(25)19(29-18)20(30)28-16-9-27-32-21(16)31-10-11-4-6-26-7-5-11;/h1-3,8-9,11,26H,4-7,10,25H2,(H,28,30);1H. The summed E-state index contributed by atoms with van der Waals surface area (Å²) in [5.74, 6) is -3.46. The molecule has 0 bridgehead atoms. The van der Waals surface area contributed by atoms with Crippen LogP contribution in [-0.2, 0) is 0 Å². The van der Waals surface area contributed by atoms with Crippen molar-refractivity contribution in [3.8, 4) is 16.3 Å². The number of piperidine rings is 1. The molecule has 1 saturated heterocycles. The number of hydrogen-bond acceptors (Lipinski definition) is 7. The van der Waals surface area contributed by atoms with E-state index in [1.165, 1.54) is 6.20 Å². The molecule has 1 aliphatic heterocycles. The van der Waals surface area contributed by atoms with Gasteiger partial charge in [0.05, 0.1) is 24.1 Å². The van der Waals surface area contributed by atoms with Crippen molar-refractivity contribution < 1.29 is 22.7 Å². The molecule has 0 aliphatic carbocycles. The number of halogens is 4. The number of ether oxygens (including phenoxy) is 1. The normalized spacial score (nSPS) is 13.9. The van der Waals surface area contributed by atoms with E-state index in [0.29, 0.717) is 23.3 Å². The molecule has 176 valence electrons. The summed E-state index contributed by atoms with van der Waals surface area (Å²) < 4.78 is 52.6. The predicted octanol–water partition coefficient (Wildman–Crippen LogP) is 4.26. The number of aromatic nitrogens is 2. The van der Waals surface area contributed by atoms with Gasteiger partial charge in [-0.2, -0.15) is 4.37 Å². The number of anilines is 2. The molecule has 0 saturated carbocycles. The van der Waals surface area contributed by atoms with Gasteiger partial charge >= 0.3 is 0 Å². The van der Waals surface area contributed by atoms with E-state index in [4.69, 9.17) is 10.5 Å². The molecule has 1 aromatic carbocycles. The quantitative estimate of drug-likeness (QED) is 0.468. The summed E-state index contributed by atoms with van der Waals surface area (Å²) in [5, 5.41) is 6.28. The van der Waals surface area contributed by atoms with Gasteiger partial charge in [-0.15, -0.1) is 12.4 Å². The maximum atomic E-state index is 14.4. The zero-order valence-electron chi connectivity index (χ0n) is 17.2. The Balaban J connectivity index is 0.00000306. The van der Waals surface area contributed by atoms with E-state index in [0.717, 1.165) is 61.7 Å². The number of nitrogens with two attached hydrogens (primary N) is 1. The van der Waals surface area contributed by atoms with Crippen LogP contribution < -0.4 is 21.1 Å². The molecule has 3 aromatic rings. The summed E-state index contributed by atoms with van der Waals surface area (Å²) in [6, 6.07) is 3.90. The summed E-state index contributed by atoms with van der Waals surface area (Å²) in [6.07, 6.45) is 3.40. The number of nitrogens with one attached hydrogen (secondary N) is 2. The topological polar surface area (TPSA) is 102 Å². The molecule has 0 radical (unpaired) electrons. The molecule has 0 spiro atoms. The molecule has 4 rings (SSSR count). The summed E-state index contributed by atoms with van der Waals surface area (Å²) in [7, 11) is 0. The third kappa shape index (κ3) is 5.55. The van der Waals surface area contributed by atoms with Gasteiger partial charge in [0.15, 0.2) is 11.5 Å². The van der Waals surface area contributed by atoms with Crippen molar-refractivity contribution in [3.05, 3.63) is 53.6 Å². The van der Waals surface area contributed by atoms with Gasteiger partial charge in [-0.25, -0.2) is 18.2 Å². The fourth-order valence-electron chi connectivity index (χ4n) is 3.42. The SMILES string of the molecule is Cl.Nc1cc(F)c(-c2c(F)cccc2F)nc1C(=O)Nc1cnsc1OCC1CCNCC1. The van der Waals surface area contributed by atoms with E-state index < -0.39 is 34.6 Å². The fraction of sp³-hybridized carbons (Fsp3) is 0.286. The minimum absolute atomic E-state index is 0. The highest BCUT2D eigenvalue weighted by molar-refractivity contribution is 7.08. The van der Waals surface area contributed by atoms with Crippen molar-refractivity contribution in [1.29, 1.82) is 0 Å². The van der Waals surface area contributed by atoms with Crippen LogP contribution in [0.3, 0.4) is 0 Å². The number of hydrogen-bond donors (Lipinski definition) is 3. The molecular weight excluding hydrogens is 479 g/mol. The summed E-state index contributed by atoms with van der Waals surface area (Å²) in [6.45, 7) is 2.35. The van der Waals surface area contributed by atoms with Crippen LogP contribution in [0.2, 0.25) is 0 Å². The van der Waals surface area contributed by atoms with E-state index in [9.17, 15) is 18.0 Å². The average molecular weight is 500 g/mol. The maximum Gasteiger partial charge on any atom is 0.276 e. The predicted molar refractivity (Wildman–Crippen MR) is 122 cm³/mol. The molecule has 0 unspecified atom stereocenters. The third-order valence-corrected chi connectivity index (χ3v) is 5.83. The Labute approximate surface area is 198 Å². The van der Waals surface area contributed by atoms with Crippen molar-refractivity contribution in [3.63, 3.8) is 0 Å². The van der Waals surface area contributed by atoms with Gasteiger partial charge in [0.1, 0.15) is 23.0 Å². The Kier molecular flexibility index (Phi) is 8.11. The monoisotopic (exact) mass is 499 g/mol. The molecular formula is C21H21ClF3N5O2S. The number of rotatable bonds is 6. The molecule has 3 heterocycles. The number of pyridine rings is 1. The number of carbonyl (C=O) groups is 1. The zero-order valence-corrected chi connectivity index (χ0v) is 18.9. The lowest BCUT2D eigenvalue weighted by Crippen LogP contribution is -2.30. The molecule has 12 heteroatoms. The number of benzene rings is 1. The van der Waals surface area contributed by atoms with Crippen LogP contribution in [0, 0.1) is 23.4 Å². The van der Waals surface area contributed by atoms with Crippen molar-refractivity contribution in [2.24, 2.45) is 5.92 Å². The second kappa shape index (κ2) is 10.8. The molecule has 7 nitrogen and oxygen atoms in total. The number of nitrogen functional groups attached to an aromatic ring is 1. The highest BCUT2D eigenvalue weighted by Crippen LogP contribution is 2.32. The molecule has 0 atom stereocenters. The highest BCUT2D eigenvalue weighted by atomic mass is 35.5. The van der Waals surface area contributed by atoms with Gasteiger partial charge < -0.3 is 21.1 Å². The number of nitrogens with zero attached hydrogens (tertiary/aromatic N) is 2. The van der Waals surface area contributed by atoms with Gasteiger partial charge in [-0.1, -0.05) is 6.07 Å². The first kappa shape index (κ1) is 24.7.